The molecule has 0 fully saturated rings. The van der Waals surface area contributed by atoms with Gasteiger partial charge in [0.1, 0.15) is 5.82 Å². The van der Waals surface area contributed by atoms with Crippen LogP contribution in [-0.2, 0) is 13.0 Å². The Morgan fingerprint density at radius 1 is 1.17 bits per heavy atom. The van der Waals surface area contributed by atoms with E-state index in [-0.39, 0.29) is 5.56 Å². The Balaban J connectivity index is 2.49. The van der Waals surface area contributed by atoms with Crippen molar-refractivity contribution in [3.05, 3.63) is 40.4 Å². The zero-order valence-electron chi connectivity index (χ0n) is 11.1. The highest BCUT2D eigenvalue weighted by atomic mass is 16.1. The lowest BCUT2D eigenvalue weighted by molar-refractivity contribution is 0.561. The molecular formula is C15H20N2O. The second kappa shape index (κ2) is 5.80. The molecule has 3 nitrogen and oxygen atoms in total. The van der Waals surface area contributed by atoms with Crippen LogP contribution >= 0.6 is 0 Å². The van der Waals surface area contributed by atoms with Gasteiger partial charge in [-0.25, -0.2) is 4.98 Å². The molecule has 1 aromatic carbocycles. The molecule has 0 saturated heterocycles. The zero-order valence-corrected chi connectivity index (χ0v) is 11.1. The highest BCUT2D eigenvalue weighted by Crippen LogP contribution is 2.09. The standard InChI is InChI=1S/C15H20N2O/c1-3-5-8-11-17-14(4-2)16-13-10-7-6-9-12(13)15(17)18/h6-7,9-10H,3-5,8,11H2,1-2H3. The Hall–Kier alpha value is -1.64. The van der Waals surface area contributed by atoms with Crippen LogP contribution in [0.15, 0.2) is 29.1 Å². The summed E-state index contributed by atoms with van der Waals surface area (Å²) >= 11 is 0. The topological polar surface area (TPSA) is 34.9 Å². The minimum Gasteiger partial charge on any atom is -0.296 e. The van der Waals surface area contributed by atoms with E-state index in [1.165, 1.54) is 0 Å². The fourth-order valence-electron chi connectivity index (χ4n) is 2.23. The van der Waals surface area contributed by atoms with Gasteiger partial charge in [-0.2, -0.15) is 0 Å². The van der Waals surface area contributed by atoms with Gasteiger partial charge in [0.25, 0.3) is 5.56 Å². The molecule has 0 spiro atoms. The second-order valence-corrected chi connectivity index (χ2v) is 4.56. The number of rotatable bonds is 5. The summed E-state index contributed by atoms with van der Waals surface area (Å²) < 4.78 is 1.85. The van der Waals surface area contributed by atoms with E-state index in [4.69, 9.17) is 0 Å². The van der Waals surface area contributed by atoms with E-state index in [0.29, 0.717) is 0 Å². The summed E-state index contributed by atoms with van der Waals surface area (Å²) in [6, 6.07) is 7.59. The summed E-state index contributed by atoms with van der Waals surface area (Å²) in [5.74, 6) is 0.898. The molecule has 0 atom stereocenters. The predicted molar refractivity (Wildman–Crippen MR) is 74.9 cm³/mol. The first kappa shape index (κ1) is 12.8. The van der Waals surface area contributed by atoms with Crippen molar-refractivity contribution in [2.24, 2.45) is 0 Å². The Labute approximate surface area is 107 Å². The number of para-hydroxylation sites is 1. The van der Waals surface area contributed by atoms with E-state index in [1.54, 1.807) is 0 Å². The van der Waals surface area contributed by atoms with Gasteiger partial charge in [0, 0.05) is 13.0 Å². The fourth-order valence-corrected chi connectivity index (χ4v) is 2.23. The molecule has 18 heavy (non-hydrogen) atoms. The molecule has 0 aliphatic heterocycles. The fraction of sp³-hybridized carbons (Fsp3) is 0.467. The SMILES string of the molecule is CCCCCn1c(CC)nc2ccccc2c1=O. The maximum atomic E-state index is 12.4. The van der Waals surface area contributed by atoms with Crippen LogP contribution in [0.2, 0.25) is 0 Å². The van der Waals surface area contributed by atoms with Gasteiger partial charge in [-0.15, -0.1) is 0 Å². The molecule has 0 unspecified atom stereocenters. The third kappa shape index (κ3) is 2.45. The summed E-state index contributed by atoms with van der Waals surface area (Å²) in [6.07, 6.45) is 4.16. The molecule has 0 amide bonds. The molecule has 96 valence electrons. The third-order valence-corrected chi connectivity index (χ3v) is 3.24. The molecule has 0 radical (unpaired) electrons. The Morgan fingerprint density at radius 2 is 1.94 bits per heavy atom. The van der Waals surface area contributed by atoms with Gasteiger partial charge in [-0.3, -0.25) is 9.36 Å². The van der Waals surface area contributed by atoms with Crippen molar-refractivity contribution in [3.63, 3.8) is 0 Å². The summed E-state index contributed by atoms with van der Waals surface area (Å²) in [5.41, 5.74) is 0.916. The monoisotopic (exact) mass is 244 g/mol. The molecule has 1 heterocycles. The Bertz CT molecular complexity index is 587. The van der Waals surface area contributed by atoms with Gasteiger partial charge >= 0.3 is 0 Å². The lowest BCUT2D eigenvalue weighted by atomic mass is 10.2. The van der Waals surface area contributed by atoms with E-state index in [1.807, 2.05) is 35.8 Å². The summed E-state index contributed by atoms with van der Waals surface area (Å²) in [5, 5.41) is 0.728. The highest BCUT2D eigenvalue weighted by Gasteiger charge is 2.08. The smallest absolute Gasteiger partial charge is 0.261 e. The van der Waals surface area contributed by atoms with Crippen molar-refractivity contribution in [3.8, 4) is 0 Å². The van der Waals surface area contributed by atoms with E-state index >= 15 is 0 Å². The third-order valence-electron chi connectivity index (χ3n) is 3.24. The Morgan fingerprint density at radius 3 is 2.67 bits per heavy atom. The maximum absolute atomic E-state index is 12.4. The van der Waals surface area contributed by atoms with E-state index in [2.05, 4.69) is 11.9 Å². The van der Waals surface area contributed by atoms with E-state index in [0.717, 1.165) is 49.0 Å². The van der Waals surface area contributed by atoms with Gasteiger partial charge in [-0.1, -0.05) is 38.8 Å². The quantitative estimate of drug-likeness (QED) is 0.757. The first-order chi connectivity index (χ1) is 8.77. The van der Waals surface area contributed by atoms with Crippen LogP contribution < -0.4 is 5.56 Å². The minimum atomic E-state index is 0.105. The number of nitrogens with zero attached hydrogens (tertiary/aromatic N) is 2. The van der Waals surface area contributed by atoms with Crippen molar-refractivity contribution in [1.82, 2.24) is 9.55 Å². The number of benzene rings is 1. The van der Waals surface area contributed by atoms with E-state index in [9.17, 15) is 4.79 Å². The normalized spacial score (nSPS) is 11.0. The lowest BCUT2D eigenvalue weighted by Crippen LogP contribution is -2.25. The molecule has 3 heteroatoms. The predicted octanol–water partition coefficient (Wildman–Crippen LogP) is 3.15. The average Bonchev–Trinajstić information content (AvgIpc) is 2.41. The van der Waals surface area contributed by atoms with Gasteiger partial charge in [0.05, 0.1) is 10.9 Å². The first-order valence-electron chi connectivity index (χ1n) is 6.76. The van der Waals surface area contributed by atoms with Crippen LogP contribution in [0.25, 0.3) is 10.9 Å². The number of unbranched alkanes of at least 4 members (excludes halogenated alkanes) is 2. The molecule has 1 aromatic heterocycles. The van der Waals surface area contributed by atoms with Crippen LogP contribution in [0.5, 0.6) is 0 Å². The zero-order chi connectivity index (χ0) is 13.0. The van der Waals surface area contributed by atoms with Crippen LogP contribution in [-0.4, -0.2) is 9.55 Å². The van der Waals surface area contributed by atoms with Crippen LogP contribution in [0.1, 0.15) is 38.9 Å². The molecule has 0 aliphatic carbocycles. The van der Waals surface area contributed by atoms with Gasteiger partial charge in [0.15, 0.2) is 0 Å². The van der Waals surface area contributed by atoms with Gasteiger partial charge in [-0.05, 0) is 18.6 Å². The van der Waals surface area contributed by atoms with Crippen molar-refractivity contribution in [1.29, 1.82) is 0 Å². The summed E-state index contributed by atoms with van der Waals surface area (Å²) in [4.78, 5) is 17.0. The second-order valence-electron chi connectivity index (χ2n) is 4.56. The summed E-state index contributed by atoms with van der Waals surface area (Å²) in [7, 11) is 0. The first-order valence-corrected chi connectivity index (χ1v) is 6.76. The molecule has 2 rings (SSSR count). The lowest BCUT2D eigenvalue weighted by Gasteiger charge is -2.11. The summed E-state index contributed by atoms with van der Waals surface area (Å²) in [6.45, 7) is 5.00. The molecule has 0 saturated carbocycles. The van der Waals surface area contributed by atoms with Crippen molar-refractivity contribution in [2.75, 3.05) is 0 Å². The molecule has 0 aliphatic rings. The average molecular weight is 244 g/mol. The van der Waals surface area contributed by atoms with Crippen molar-refractivity contribution < 1.29 is 0 Å². The largest absolute Gasteiger partial charge is 0.296 e. The number of hydrogen-bond donors (Lipinski definition) is 0. The number of aryl methyl sites for hydroxylation is 1. The highest BCUT2D eigenvalue weighted by molar-refractivity contribution is 5.77. The Kier molecular flexibility index (Phi) is 4.13. The number of aromatic nitrogens is 2. The van der Waals surface area contributed by atoms with Crippen molar-refractivity contribution >= 4 is 10.9 Å². The van der Waals surface area contributed by atoms with Gasteiger partial charge in [0.2, 0.25) is 0 Å². The van der Waals surface area contributed by atoms with Crippen LogP contribution in [0, 0.1) is 0 Å². The van der Waals surface area contributed by atoms with Crippen LogP contribution in [0.4, 0.5) is 0 Å². The van der Waals surface area contributed by atoms with Crippen LogP contribution in [0.3, 0.4) is 0 Å². The maximum Gasteiger partial charge on any atom is 0.261 e. The molecule has 0 bridgehead atoms. The number of hydrogen-bond acceptors (Lipinski definition) is 2. The minimum absolute atomic E-state index is 0.105. The number of fused-ring (bicyclic) bond motifs is 1. The molecular weight excluding hydrogens is 224 g/mol. The van der Waals surface area contributed by atoms with Gasteiger partial charge < -0.3 is 0 Å². The van der Waals surface area contributed by atoms with E-state index < -0.39 is 0 Å². The molecule has 0 N–H and O–H groups in total. The molecule has 2 aromatic rings. The van der Waals surface area contributed by atoms with Crippen molar-refractivity contribution in [2.45, 2.75) is 46.1 Å².